The maximum Gasteiger partial charge on any atom is 0.308 e. The Morgan fingerprint density at radius 1 is 1.40 bits per heavy atom. The predicted molar refractivity (Wildman–Crippen MR) is 68.5 cm³/mol. The highest BCUT2D eigenvalue weighted by molar-refractivity contribution is 5.80. The van der Waals surface area contributed by atoms with Crippen molar-refractivity contribution in [1.82, 2.24) is 20.1 Å². The van der Waals surface area contributed by atoms with Crippen molar-refractivity contribution in [3.63, 3.8) is 0 Å². The van der Waals surface area contributed by atoms with Gasteiger partial charge in [0.05, 0.1) is 25.5 Å². The molecule has 1 amide bonds. The number of aryl methyl sites for hydroxylation is 1. The molecule has 7 nitrogen and oxygen atoms in total. The van der Waals surface area contributed by atoms with Gasteiger partial charge in [-0.15, -0.1) is 0 Å². The second-order valence-electron chi connectivity index (χ2n) is 5.49. The molecule has 1 N–H and O–H groups in total. The van der Waals surface area contributed by atoms with Crippen LogP contribution in [-0.2, 0) is 27.3 Å². The second-order valence-corrected chi connectivity index (χ2v) is 5.49. The summed E-state index contributed by atoms with van der Waals surface area (Å²) in [4.78, 5) is 27.6. The topological polar surface area (TPSA) is 86.1 Å². The first-order chi connectivity index (χ1) is 9.67. The minimum atomic E-state index is -0.180. The number of nitrogens with zero attached hydrogens (tertiary/aromatic N) is 3. The van der Waals surface area contributed by atoms with Gasteiger partial charge in [0.2, 0.25) is 5.91 Å². The molecular weight excluding hydrogens is 260 g/mol. The zero-order valence-electron chi connectivity index (χ0n) is 11.4. The van der Waals surface area contributed by atoms with Crippen molar-refractivity contribution >= 4 is 11.9 Å². The van der Waals surface area contributed by atoms with Gasteiger partial charge in [0.25, 0.3) is 0 Å². The first-order valence-electron chi connectivity index (χ1n) is 6.92. The predicted octanol–water partition coefficient (Wildman–Crippen LogP) is -0.0917. The van der Waals surface area contributed by atoms with Crippen LogP contribution in [0.25, 0.3) is 0 Å². The Hall–Kier alpha value is -1.92. The van der Waals surface area contributed by atoms with E-state index < -0.39 is 0 Å². The Balaban J connectivity index is 1.48. The number of carbonyl (C=O) groups is 2. The fourth-order valence-electron chi connectivity index (χ4n) is 2.87. The van der Waals surface area contributed by atoms with E-state index in [0.29, 0.717) is 19.4 Å². The quantitative estimate of drug-likeness (QED) is 0.781. The van der Waals surface area contributed by atoms with E-state index in [2.05, 4.69) is 20.1 Å². The lowest BCUT2D eigenvalue weighted by Crippen LogP contribution is -2.49. The summed E-state index contributed by atoms with van der Waals surface area (Å²) < 4.78 is 6.48. The van der Waals surface area contributed by atoms with Crippen LogP contribution < -0.4 is 5.32 Å². The van der Waals surface area contributed by atoms with Crippen LogP contribution in [0, 0.1) is 11.8 Å². The van der Waals surface area contributed by atoms with Crippen LogP contribution in [0.5, 0.6) is 0 Å². The number of nitrogens with one attached hydrogen (secondary N) is 1. The van der Waals surface area contributed by atoms with Crippen molar-refractivity contribution in [2.24, 2.45) is 11.8 Å². The molecule has 2 heterocycles. The normalized spacial score (nSPS) is 28.1. The fraction of sp³-hybridized carbons (Fsp3) is 0.692. The van der Waals surface area contributed by atoms with Gasteiger partial charge in [0.15, 0.2) is 0 Å². The Morgan fingerprint density at radius 3 is 2.95 bits per heavy atom. The lowest BCUT2D eigenvalue weighted by molar-refractivity contribution is -0.150. The van der Waals surface area contributed by atoms with Gasteiger partial charge in [0, 0.05) is 12.5 Å². The first-order valence-corrected chi connectivity index (χ1v) is 6.92. The third-order valence-electron chi connectivity index (χ3n) is 4.20. The number of fused-ring (bicyclic) bond motifs is 1. The fourth-order valence-corrected chi connectivity index (χ4v) is 2.87. The van der Waals surface area contributed by atoms with Gasteiger partial charge in [-0.1, -0.05) is 0 Å². The number of hydrogen-bond donors (Lipinski definition) is 1. The number of amides is 1. The Bertz CT molecular complexity index is 521. The SMILES string of the molecule is COC(=O)C1CC(NC(=O)C2CCc3ncnn3C2)C1. The average molecular weight is 278 g/mol. The molecule has 0 spiro atoms. The van der Waals surface area contributed by atoms with Gasteiger partial charge < -0.3 is 10.1 Å². The Morgan fingerprint density at radius 2 is 2.20 bits per heavy atom. The zero-order valence-corrected chi connectivity index (χ0v) is 11.4. The van der Waals surface area contributed by atoms with Gasteiger partial charge in [-0.25, -0.2) is 9.67 Å². The highest BCUT2D eigenvalue weighted by Crippen LogP contribution is 2.29. The van der Waals surface area contributed by atoms with E-state index in [4.69, 9.17) is 0 Å². The number of methoxy groups -OCH3 is 1. The van der Waals surface area contributed by atoms with Gasteiger partial charge in [-0.2, -0.15) is 5.10 Å². The molecule has 108 valence electrons. The molecule has 1 fully saturated rings. The monoisotopic (exact) mass is 278 g/mol. The van der Waals surface area contributed by atoms with Crippen molar-refractivity contribution in [2.45, 2.75) is 38.3 Å². The van der Waals surface area contributed by atoms with Gasteiger partial charge in [0.1, 0.15) is 12.2 Å². The highest BCUT2D eigenvalue weighted by Gasteiger charge is 2.37. The number of hydrogen-bond acceptors (Lipinski definition) is 5. The van der Waals surface area contributed by atoms with Gasteiger partial charge in [-0.05, 0) is 19.3 Å². The van der Waals surface area contributed by atoms with Crippen molar-refractivity contribution < 1.29 is 14.3 Å². The number of carbonyl (C=O) groups excluding carboxylic acids is 2. The van der Waals surface area contributed by atoms with Crippen molar-refractivity contribution in [2.75, 3.05) is 7.11 Å². The van der Waals surface area contributed by atoms with Crippen molar-refractivity contribution in [1.29, 1.82) is 0 Å². The van der Waals surface area contributed by atoms with Crippen molar-refractivity contribution in [3.05, 3.63) is 12.2 Å². The average Bonchev–Trinajstić information content (AvgIpc) is 2.88. The molecule has 1 aromatic rings. The Kier molecular flexibility index (Phi) is 3.42. The van der Waals surface area contributed by atoms with E-state index >= 15 is 0 Å². The molecule has 2 aliphatic rings. The molecule has 0 aromatic carbocycles. The van der Waals surface area contributed by atoms with E-state index in [1.807, 2.05) is 0 Å². The molecule has 1 saturated carbocycles. The summed E-state index contributed by atoms with van der Waals surface area (Å²) in [7, 11) is 1.39. The standard InChI is InChI=1S/C13H18N4O3/c1-20-13(19)9-4-10(5-9)16-12(18)8-2-3-11-14-7-15-17(11)6-8/h7-10H,2-6H2,1H3,(H,16,18). The van der Waals surface area contributed by atoms with Gasteiger partial charge in [-0.3, -0.25) is 9.59 Å². The number of ether oxygens (including phenoxy) is 1. The summed E-state index contributed by atoms with van der Waals surface area (Å²) in [6.45, 7) is 0.592. The minimum absolute atomic E-state index is 0.0543. The molecule has 1 atom stereocenters. The molecule has 0 saturated heterocycles. The van der Waals surface area contributed by atoms with Gasteiger partial charge >= 0.3 is 5.97 Å². The summed E-state index contributed by atoms with van der Waals surface area (Å²) in [5, 5.41) is 7.12. The summed E-state index contributed by atoms with van der Waals surface area (Å²) >= 11 is 0. The van der Waals surface area contributed by atoms with E-state index in [0.717, 1.165) is 18.7 Å². The molecule has 20 heavy (non-hydrogen) atoms. The van der Waals surface area contributed by atoms with Crippen LogP contribution in [-0.4, -0.2) is 39.8 Å². The molecular formula is C13H18N4O3. The molecule has 1 aliphatic carbocycles. The maximum atomic E-state index is 12.2. The number of rotatable bonds is 3. The van der Waals surface area contributed by atoms with Crippen LogP contribution in [0.1, 0.15) is 25.1 Å². The van der Waals surface area contributed by atoms with E-state index in [1.54, 1.807) is 4.68 Å². The summed E-state index contributed by atoms with van der Waals surface area (Å²) in [6, 6.07) is 0.101. The highest BCUT2D eigenvalue weighted by atomic mass is 16.5. The molecule has 1 aliphatic heterocycles. The maximum absolute atomic E-state index is 12.2. The Labute approximate surface area is 116 Å². The van der Waals surface area contributed by atoms with Crippen molar-refractivity contribution in [3.8, 4) is 0 Å². The van der Waals surface area contributed by atoms with Crippen LogP contribution in [0.4, 0.5) is 0 Å². The molecule has 1 unspecified atom stereocenters. The molecule has 1 aromatic heterocycles. The largest absolute Gasteiger partial charge is 0.469 e. The molecule has 3 rings (SSSR count). The minimum Gasteiger partial charge on any atom is -0.469 e. The third-order valence-corrected chi connectivity index (χ3v) is 4.20. The van der Waals surface area contributed by atoms with E-state index in [1.165, 1.54) is 13.4 Å². The van der Waals surface area contributed by atoms with Crippen LogP contribution in [0.15, 0.2) is 6.33 Å². The number of aromatic nitrogens is 3. The summed E-state index contributed by atoms with van der Waals surface area (Å²) in [5.41, 5.74) is 0. The molecule has 0 bridgehead atoms. The molecule has 0 radical (unpaired) electrons. The smallest absolute Gasteiger partial charge is 0.308 e. The second kappa shape index (κ2) is 5.22. The number of esters is 1. The third kappa shape index (κ3) is 2.39. The molecule has 7 heteroatoms. The van der Waals surface area contributed by atoms with Crippen LogP contribution >= 0.6 is 0 Å². The first kappa shape index (κ1) is 13.1. The van der Waals surface area contributed by atoms with Crippen LogP contribution in [0.3, 0.4) is 0 Å². The summed E-state index contributed by atoms with van der Waals surface area (Å²) in [6.07, 6.45) is 4.48. The van der Waals surface area contributed by atoms with E-state index in [-0.39, 0.29) is 29.8 Å². The summed E-state index contributed by atoms with van der Waals surface area (Å²) in [5.74, 6) is 0.711. The van der Waals surface area contributed by atoms with Crippen LogP contribution in [0.2, 0.25) is 0 Å². The van der Waals surface area contributed by atoms with E-state index in [9.17, 15) is 9.59 Å². The lowest BCUT2D eigenvalue weighted by Gasteiger charge is -2.35. The lowest BCUT2D eigenvalue weighted by atomic mass is 9.80. The zero-order chi connectivity index (χ0) is 14.1.